The van der Waals surface area contributed by atoms with E-state index in [1.165, 1.54) is 23.5 Å². The van der Waals surface area contributed by atoms with Gasteiger partial charge in [-0.3, -0.25) is 9.59 Å². The molecule has 0 spiro atoms. The standard InChI is InChI=1S/2C5H10O2S/c1-3-7-5(6)4-8-2;1-3-5(6)7-4-8-2/h2*3-4H2,1-2H3. The number of hydrogen-bond acceptors (Lipinski definition) is 6. The van der Waals surface area contributed by atoms with Crippen LogP contribution in [-0.2, 0) is 19.1 Å². The van der Waals surface area contributed by atoms with E-state index >= 15 is 0 Å². The van der Waals surface area contributed by atoms with E-state index in [1.54, 1.807) is 13.8 Å². The highest BCUT2D eigenvalue weighted by molar-refractivity contribution is 7.99. The molecule has 16 heavy (non-hydrogen) atoms. The maximum Gasteiger partial charge on any atom is 0.315 e. The molecule has 0 saturated carbocycles. The van der Waals surface area contributed by atoms with Crippen molar-refractivity contribution in [2.24, 2.45) is 0 Å². The van der Waals surface area contributed by atoms with E-state index < -0.39 is 0 Å². The first-order valence-corrected chi connectivity index (χ1v) is 7.70. The molecule has 0 rings (SSSR count). The van der Waals surface area contributed by atoms with E-state index in [9.17, 15) is 9.59 Å². The first kappa shape index (κ1) is 18.0. The highest BCUT2D eigenvalue weighted by Gasteiger charge is 1.96. The van der Waals surface area contributed by atoms with Crippen molar-refractivity contribution in [3.05, 3.63) is 0 Å². The van der Waals surface area contributed by atoms with E-state index in [0.717, 1.165) is 0 Å². The highest BCUT2D eigenvalue weighted by atomic mass is 32.2. The molecular weight excluding hydrogens is 248 g/mol. The summed E-state index contributed by atoms with van der Waals surface area (Å²) in [5, 5.41) is 0. The Labute approximate surface area is 106 Å². The predicted octanol–water partition coefficient (Wildman–Crippen LogP) is 2.17. The lowest BCUT2D eigenvalue weighted by Crippen LogP contribution is -2.05. The van der Waals surface area contributed by atoms with Crippen LogP contribution in [0.1, 0.15) is 20.3 Å². The monoisotopic (exact) mass is 268 g/mol. The summed E-state index contributed by atoms with van der Waals surface area (Å²) in [7, 11) is 0. The fourth-order valence-corrected chi connectivity index (χ4v) is 1.12. The third-order valence-corrected chi connectivity index (χ3v) is 2.07. The first-order valence-electron chi connectivity index (χ1n) is 4.91. The van der Waals surface area contributed by atoms with Crippen LogP contribution in [0.3, 0.4) is 0 Å². The molecule has 0 atom stereocenters. The van der Waals surface area contributed by atoms with Gasteiger partial charge < -0.3 is 9.47 Å². The minimum Gasteiger partial charge on any atom is -0.465 e. The number of ether oxygens (including phenoxy) is 2. The number of esters is 2. The van der Waals surface area contributed by atoms with Crippen molar-refractivity contribution in [1.82, 2.24) is 0 Å². The van der Waals surface area contributed by atoms with Crippen LogP contribution in [0.2, 0.25) is 0 Å². The Balaban J connectivity index is 0. The summed E-state index contributed by atoms with van der Waals surface area (Å²) in [5.41, 5.74) is 0. The van der Waals surface area contributed by atoms with Crippen molar-refractivity contribution >= 4 is 35.5 Å². The molecule has 0 aliphatic heterocycles. The van der Waals surface area contributed by atoms with Gasteiger partial charge in [0.2, 0.25) is 0 Å². The van der Waals surface area contributed by atoms with E-state index in [0.29, 0.717) is 24.7 Å². The second kappa shape index (κ2) is 14.6. The lowest BCUT2D eigenvalue weighted by atomic mass is 10.5. The van der Waals surface area contributed by atoms with E-state index in [2.05, 4.69) is 9.47 Å². The Kier molecular flexibility index (Phi) is 16.5. The van der Waals surface area contributed by atoms with Crippen LogP contribution in [0.5, 0.6) is 0 Å². The summed E-state index contributed by atoms with van der Waals surface area (Å²) >= 11 is 2.98. The third-order valence-electron chi connectivity index (χ3n) is 1.19. The van der Waals surface area contributed by atoms with Gasteiger partial charge in [0.25, 0.3) is 0 Å². The van der Waals surface area contributed by atoms with Gasteiger partial charge in [-0.25, -0.2) is 0 Å². The zero-order chi connectivity index (χ0) is 12.8. The minimum absolute atomic E-state index is 0.125. The van der Waals surface area contributed by atoms with E-state index in [1.807, 2.05) is 12.5 Å². The molecule has 0 saturated heterocycles. The molecule has 0 unspecified atom stereocenters. The fourth-order valence-electron chi connectivity index (χ4n) is 0.547. The van der Waals surface area contributed by atoms with Crippen molar-refractivity contribution in [2.75, 3.05) is 30.8 Å². The van der Waals surface area contributed by atoms with Gasteiger partial charge in [-0.05, 0) is 19.4 Å². The number of carbonyl (C=O) groups is 2. The number of carbonyl (C=O) groups excluding carboxylic acids is 2. The largest absolute Gasteiger partial charge is 0.465 e. The van der Waals surface area contributed by atoms with Crippen molar-refractivity contribution in [3.63, 3.8) is 0 Å². The predicted molar refractivity (Wildman–Crippen MR) is 69.8 cm³/mol. The Bertz CT molecular complexity index is 178. The van der Waals surface area contributed by atoms with Crippen molar-refractivity contribution < 1.29 is 19.1 Å². The van der Waals surface area contributed by atoms with Gasteiger partial charge in [0.1, 0.15) is 5.94 Å². The molecule has 4 nitrogen and oxygen atoms in total. The molecule has 0 bridgehead atoms. The Morgan fingerprint density at radius 2 is 1.62 bits per heavy atom. The molecule has 0 aromatic carbocycles. The van der Waals surface area contributed by atoms with Crippen molar-refractivity contribution in [3.8, 4) is 0 Å². The van der Waals surface area contributed by atoms with Gasteiger partial charge in [0.05, 0.1) is 12.4 Å². The lowest BCUT2D eigenvalue weighted by Gasteiger charge is -1.96. The molecule has 0 heterocycles. The van der Waals surface area contributed by atoms with Gasteiger partial charge in [-0.1, -0.05) is 6.92 Å². The van der Waals surface area contributed by atoms with Gasteiger partial charge in [-0.2, -0.15) is 11.8 Å². The zero-order valence-corrected chi connectivity index (χ0v) is 11.9. The average Bonchev–Trinajstić information content (AvgIpc) is 2.27. The fraction of sp³-hybridized carbons (Fsp3) is 0.800. The topological polar surface area (TPSA) is 52.6 Å². The summed E-state index contributed by atoms with van der Waals surface area (Å²) < 4.78 is 9.29. The SMILES string of the molecule is CCC(=O)OCSC.CCOC(=O)CSC. The smallest absolute Gasteiger partial charge is 0.315 e. The van der Waals surface area contributed by atoms with Crippen molar-refractivity contribution in [1.29, 1.82) is 0 Å². The number of thioether (sulfide) groups is 2. The number of rotatable bonds is 6. The summed E-state index contributed by atoms with van der Waals surface area (Å²) in [6.07, 6.45) is 4.24. The Morgan fingerprint density at radius 1 is 1.00 bits per heavy atom. The van der Waals surface area contributed by atoms with Gasteiger partial charge in [-0.15, -0.1) is 11.8 Å². The van der Waals surface area contributed by atoms with Crippen LogP contribution in [-0.4, -0.2) is 42.7 Å². The second-order valence-electron chi connectivity index (χ2n) is 2.51. The minimum atomic E-state index is -0.126. The Morgan fingerprint density at radius 3 is 2.00 bits per heavy atom. The van der Waals surface area contributed by atoms with Crippen LogP contribution in [0.15, 0.2) is 0 Å². The van der Waals surface area contributed by atoms with Crippen LogP contribution in [0, 0.1) is 0 Å². The van der Waals surface area contributed by atoms with Gasteiger partial charge >= 0.3 is 11.9 Å². The molecule has 0 aliphatic carbocycles. The number of hydrogen-bond donors (Lipinski definition) is 0. The van der Waals surface area contributed by atoms with Crippen LogP contribution in [0.25, 0.3) is 0 Å². The van der Waals surface area contributed by atoms with Crippen LogP contribution >= 0.6 is 23.5 Å². The van der Waals surface area contributed by atoms with Crippen LogP contribution < -0.4 is 0 Å². The molecule has 0 fully saturated rings. The van der Waals surface area contributed by atoms with Gasteiger partial charge in [0.15, 0.2) is 0 Å². The normalized spacial score (nSPS) is 8.75. The molecule has 0 radical (unpaired) electrons. The lowest BCUT2D eigenvalue weighted by molar-refractivity contribution is -0.141. The maximum absolute atomic E-state index is 10.4. The third kappa shape index (κ3) is 16.1. The van der Waals surface area contributed by atoms with E-state index in [-0.39, 0.29) is 11.9 Å². The molecular formula is C10H20O4S2. The Hall–Kier alpha value is -0.360. The summed E-state index contributed by atoms with van der Waals surface area (Å²) in [4.78, 5) is 20.7. The molecule has 96 valence electrons. The molecule has 0 amide bonds. The van der Waals surface area contributed by atoms with Crippen LogP contribution in [0.4, 0.5) is 0 Å². The quantitative estimate of drug-likeness (QED) is 0.543. The first-order chi connectivity index (χ1) is 7.62. The molecule has 0 aliphatic rings. The summed E-state index contributed by atoms with van der Waals surface area (Å²) in [6, 6.07) is 0. The van der Waals surface area contributed by atoms with Crippen molar-refractivity contribution in [2.45, 2.75) is 20.3 Å². The molecule has 0 aromatic rings. The molecule has 6 heteroatoms. The zero-order valence-electron chi connectivity index (χ0n) is 10.3. The summed E-state index contributed by atoms with van der Waals surface area (Å²) in [5.74, 6) is 0.694. The molecule has 0 aromatic heterocycles. The highest BCUT2D eigenvalue weighted by Crippen LogP contribution is 1.93. The summed E-state index contributed by atoms with van der Waals surface area (Å²) in [6.45, 7) is 4.07. The van der Waals surface area contributed by atoms with E-state index in [4.69, 9.17) is 0 Å². The van der Waals surface area contributed by atoms with Gasteiger partial charge in [0, 0.05) is 6.42 Å². The maximum atomic E-state index is 10.4. The second-order valence-corrected chi connectivity index (χ2v) is 4.19. The average molecular weight is 268 g/mol. The molecule has 0 N–H and O–H groups in total.